The fourth-order valence-electron chi connectivity index (χ4n) is 1.43. The molecule has 102 valence electrons. The van der Waals surface area contributed by atoms with Crippen LogP contribution in [0.4, 0.5) is 0 Å². The Kier molecular flexibility index (Phi) is 9.94. The second-order valence-electron chi connectivity index (χ2n) is 3.87. The van der Waals surface area contributed by atoms with Gasteiger partial charge >= 0.3 is 0 Å². The molecule has 1 N–H and O–H groups in total. The third-order valence-electron chi connectivity index (χ3n) is 2.36. The summed E-state index contributed by atoms with van der Waals surface area (Å²) in [6.07, 6.45) is 1.06. The molecule has 18 heavy (non-hydrogen) atoms. The van der Waals surface area contributed by atoms with E-state index in [-0.39, 0.29) is 0 Å². The highest BCUT2D eigenvalue weighted by Gasteiger charge is 1.93. The van der Waals surface area contributed by atoms with Gasteiger partial charge in [-0.25, -0.2) is 0 Å². The highest BCUT2D eigenvalue weighted by atomic mass is 32.2. The van der Waals surface area contributed by atoms with Gasteiger partial charge in [-0.3, -0.25) is 0 Å². The van der Waals surface area contributed by atoms with Crippen LogP contribution >= 0.6 is 11.8 Å². The predicted octanol–water partition coefficient (Wildman–Crippen LogP) is 2.42. The van der Waals surface area contributed by atoms with Gasteiger partial charge in [0.15, 0.2) is 0 Å². The van der Waals surface area contributed by atoms with Crippen LogP contribution in [0.15, 0.2) is 35.2 Å². The quantitative estimate of drug-likeness (QED) is 0.494. The molecule has 0 aliphatic rings. The molecule has 0 unspecified atom stereocenters. The lowest BCUT2D eigenvalue weighted by molar-refractivity contribution is 0.0695. The Morgan fingerprint density at radius 1 is 1.06 bits per heavy atom. The molecule has 0 aliphatic heterocycles. The van der Waals surface area contributed by atoms with E-state index in [2.05, 4.69) is 29.6 Å². The Morgan fingerprint density at radius 2 is 1.89 bits per heavy atom. The first kappa shape index (κ1) is 15.5. The average molecular weight is 269 g/mol. The second-order valence-corrected chi connectivity index (χ2v) is 5.04. The van der Waals surface area contributed by atoms with E-state index in [1.807, 2.05) is 17.8 Å². The van der Waals surface area contributed by atoms with Gasteiger partial charge in [-0.15, -0.1) is 11.8 Å². The van der Waals surface area contributed by atoms with E-state index in [9.17, 15) is 0 Å². The summed E-state index contributed by atoms with van der Waals surface area (Å²) in [5.74, 6) is 1.11. The summed E-state index contributed by atoms with van der Waals surface area (Å²) in [4.78, 5) is 1.34. The zero-order valence-corrected chi connectivity index (χ0v) is 11.9. The minimum atomic E-state index is 0.682. The molecule has 0 radical (unpaired) electrons. The van der Waals surface area contributed by atoms with Gasteiger partial charge in [0.25, 0.3) is 0 Å². The number of ether oxygens (including phenoxy) is 2. The minimum absolute atomic E-state index is 0.682. The van der Waals surface area contributed by atoms with Gasteiger partial charge in [0, 0.05) is 30.9 Å². The molecule has 0 heterocycles. The lowest BCUT2D eigenvalue weighted by Gasteiger charge is -2.05. The Balaban J connectivity index is 1.82. The Labute approximate surface area is 114 Å². The van der Waals surface area contributed by atoms with Crippen molar-refractivity contribution in [1.82, 2.24) is 5.32 Å². The molecule has 0 atom stereocenters. The molecule has 0 amide bonds. The van der Waals surface area contributed by atoms with Gasteiger partial charge in [0.05, 0.1) is 13.2 Å². The Morgan fingerprint density at radius 3 is 2.67 bits per heavy atom. The molecule has 4 heteroatoms. The van der Waals surface area contributed by atoms with E-state index in [4.69, 9.17) is 9.47 Å². The van der Waals surface area contributed by atoms with Crippen LogP contribution in [-0.2, 0) is 9.47 Å². The molecule has 0 aromatic heterocycles. The van der Waals surface area contributed by atoms with E-state index < -0.39 is 0 Å². The van der Waals surface area contributed by atoms with Crippen molar-refractivity contribution in [2.75, 3.05) is 45.8 Å². The topological polar surface area (TPSA) is 30.5 Å². The van der Waals surface area contributed by atoms with Crippen molar-refractivity contribution in [3.8, 4) is 0 Å². The molecule has 1 rings (SSSR count). The average Bonchev–Trinajstić information content (AvgIpc) is 2.42. The Bertz CT molecular complexity index is 282. The molecule has 1 aromatic carbocycles. The van der Waals surface area contributed by atoms with Crippen molar-refractivity contribution in [3.63, 3.8) is 0 Å². The van der Waals surface area contributed by atoms with Crippen LogP contribution in [0.2, 0.25) is 0 Å². The SMILES string of the molecule is COCCOCCCNCCSc1ccccc1. The maximum atomic E-state index is 5.38. The van der Waals surface area contributed by atoms with Crippen molar-refractivity contribution in [2.45, 2.75) is 11.3 Å². The maximum absolute atomic E-state index is 5.38. The molecule has 0 bridgehead atoms. The van der Waals surface area contributed by atoms with Crippen LogP contribution in [0.3, 0.4) is 0 Å². The third-order valence-corrected chi connectivity index (χ3v) is 3.38. The van der Waals surface area contributed by atoms with Crippen molar-refractivity contribution >= 4 is 11.8 Å². The molecule has 1 aromatic rings. The lowest BCUT2D eigenvalue weighted by Crippen LogP contribution is -2.20. The standard InChI is InChI=1S/C14H23NO2S/c1-16-11-12-17-10-5-8-15-9-13-18-14-6-3-2-4-7-14/h2-4,6-7,15H,5,8-13H2,1H3. The first-order valence-electron chi connectivity index (χ1n) is 6.38. The van der Waals surface area contributed by atoms with Crippen LogP contribution < -0.4 is 5.32 Å². The smallest absolute Gasteiger partial charge is 0.0700 e. The predicted molar refractivity (Wildman–Crippen MR) is 77.3 cm³/mol. The molecule has 0 fully saturated rings. The summed E-state index contributed by atoms with van der Waals surface area (Å²) < 4.78 is 10.3. The molecular formula is C14H23NO2S. The molecular weight excluding hydrogens is 246 g/mol. The summed E-state index contributed by atoms with van der Waals surface area (Å²) in [5, 5.41) is 3.41. The summed E-state index contributed by atoms with van der Waals surface area (Å²) in [6, 6.07) is 10.5. The summed E-state index contributed by atoms with van der Waals surface area (Å²) in [6.45, 7) is 4.24. The second kappa shape index (κ2) is 11.5. The van der Waals surface area contributed by atoms with Crippen molar-refractivity contribution in [2.24, 2.45) is 0 Å². The number of methoxy groups -OCH3 is 1. The zero-order chi connectivity index (χ0) is 12.9. The largest absolute Gasteiger partial charge is 0.382 e. The van der Waals surface area contributed by atoms with E-state index in [1.165, 1.54) is 4.90 Å². The van der Waals surface area contributed by atoms with Gasteiger partial charge in [-0.1, -0.05) is 18.2 Å². The Hall–Kier alpha value is -0.550. The highest BCUT2D eigenvalue weighted by molar-refractivity contribution is 7.99. The first-order chi connectivity index (χ1) is 8.93. The number of nitrogens with one attached hydrogen (secondary N) is 1. The molecule has 0 spiro atoms. The molecule has 0 aliphatic carbocycles. The van der Waals surface area contributed by atoms with Crippen LogP contribution in [0.1, 0.15) is 6.42 Å². The fraction of sp³-hybridized carbons (Fsp3) is 0.571. The van der Waals surface area contributed by atoms with Gasteiger partial charge in [0.1, 0.15) is 0 Å². The minimum Gasteiger partial charge on any atom is -0.382 e. The van der Waals surface area contributed by atoms with Crippen molar-refractivity contribution in [1.29, 1.82) is 0 Å². The normalized spacial score (nSPS) is 10.7. The van der Waals surface area contributed by atoms with E-state index in [0.29, 0.717) is 13.2 Å². The van der Waals surface area contributed by atoms with Gasteiger partial charge in [-0.05, 0) is 25.1 Å². The number of hydrogen-bond acceptors (Lipinski definition) is 4. The molecule has 0 saturated heterocycles. The fourth-order valence-corrected chi connectivity index (χ4v) is 2.26. The monoisotopic (exact) mass is 269 g/mol. The van der Waals surface area contributed by atoms with E-state index >= 15 is 0 Å². The lowest BCUT2D eigenvalue weighted by atomic mass is 10.4. The van der Waals surface area contributed by atoms with Gasteiger partial charge < -0.3 is 14.8 Å². The molecule has 3 nitrogen and oxygen atoms in total. The molecule has 0 saturated carbocycles. The third kappa shape index (κ3) is 8.53. The van der Waals surface area contributed by atoms with Crippen molar-refractivity contribution in [3.05, 3.63) is 30.3 Å². The summed E-state index contributed by atoms with van der Waals surface area (Å²) in [7, 11) is 1.69. The highest BCUT2D eigenvalue weighted by Crippen LogP contribution is 2.15. The summed E-state index contributed by atoms with van der Waals surface area (Å²) in [5.41, 5.74) is 0. The number of rotatable bonds is 11. The van der Waals surface area contributed by atoms with Gasteiger partial charge in [0.2, 0.25) is 0 Å². The van der Waals surface area contributed by atoms with Crippen molar-refractivity contribution < 1.29 is 9.47 Å². The van der Waals surface area contributed by atoms with E-state index in [1.54, 1.807) is 7.11 Å². The van der Waals surface area contributed by atoms with E-state index in [0.717, 1.165) is 31.9 Å². The van der Waals surface area contributed by atoms with Gasteiger partial charge in [-0.2, -0.15) is 0 Å². The van der Waals surface area contributed by atoms with Crippen LogP contribution in [0.5, 0.6) is 0 Å². The number of thioether (sulfide) groups is 1. The maximum Gasteiger partial charge on any atom is 0.0700 e. The number of hydrogen-bond donors (Lipinski definition) is 1. The van der Waals surface area contributed by atoms with Crippen LogP contribution in [0, 0.1) is 0 Å². The van der Waals surface area contributed by atoms with Crippen LogP contribution in [-0.4, -0.2) is 45.8 Å². The first-order valence-corrected chi connectivity index (χ1v) is 7.37. The van der Waals surface area contributed by atoms with Crippen LogP contribution in [0.25, 0.3) is 0 Å². The zero-order valence-electron chi connectivity index (χ0n) is 11.1. The number of benzene rings is 1. The summed E-state index contributed by atoms with van der Waals surface area (Å²) >= 11 is 1.89.